The van der Waals surface area contributed by atoms with Gasteiger partial charge in [-0.15, -0.1) is 0 Å². The third kappa shape index (κ3) is 2.41. The summed E-state index contributed by atoms with van der Waals surface area (Å²) in [6.07, 6.45) is 1.49. The number of hydrogen-bond acceptors (Lipinski definition) is 3. The maximum Gasteiger partial charge on any atom is 0.345 e. The van der Waals surface area contributed by atoms with Crippen LogP contribution in [0, 0.1) is 6.92 Å². The largest absolute Gasteiger partial charge is 0.396 e. The normalized spacial score (nSPS) is 13.5. The molecule has 0 spiro atoms. The first-order valence-corrected chi connectivity index (χ1v) is 4.21. The summed E-state index contributed by atoms with van der Waals surface area (Å²) in [4.78, 5) is 0. The second-order valence-electron chi connectivity index (χ2n) is 3.07. The molecule has 1 atom stereocenters. The van der Waals surface area contributed by atoms with Gasteiger partial charge in [-0.1, -0.05) is 0 Å². The van der Waals surface area contributed by atoms with Crippen molar-refractivity contribution >= 4 is 5.69 Å². The van der Waals surface area contributed by atoms with E-state index in [1.807, 2.05) is 0 Å². The molecule has 0 saturated carbocycles. The average Bonchev–Trinajstić information content (AvgIpc) is 2.44. The minimum Gasteiger partial charge on any atom is -0.396 e. The van der Waals surface area contributed by atoms with E-state index in [0.717, 1.165) is 5.69 Å². The number of hydrogen-bond donors (Lipinski definition) is 1. The number of nitrogens with zero attached hydrogens (tertiary/aromatic N) is 2. The SMILES string of the molecule is Cc1c(N)cnn1C(C)COC(F)F. The van der Waals surface area contributed by atoms with Crippen molar-refractivity contribution in [2.45, 2.75) is 26.5 Å². The molecule has 6 heteroatoms. The van der Waals surface area contributed by atoms with E-state index >= 15 is 0 Å². The molecule has 1 unspecified atom stereocenters. The van der Waals surface area contributed by atoms with Gasteiger partial charge in [0.15, 0.2) is 0 Å². The third-order valence-electron chi connectivity index (χ3n) is 1.96. The fourth-order valence-corrected chi connectivity index (χ4v) is 1.16. The fraction of sp³-hybridized carbons (Fsp3) is 0.625. The summed E-state index contributed by atoms with van der Waals surface area (Å²) in [6, 6.07) is -0.249. The molecule has 1 aromatic heterocycles. The lowest BCUT2D eigenvalue weighted by Gasteiger charge is -2.14. The van der Waals surface area contributed by atoms with Crippen LogP contribution >= 0.6 is 0 Å². The predicted octanol–water partition coefficient (Wildman–Crippen LogP) is 1.57. The number of rotatable bonds is 4. The Bertz CT molecular complexity index is 301. The Morgan fingerprint density at radius 1 is 1.64 bits per heavy atom. The van der Waals surface area contributed by atoms with Gasteiger partial charge in [0.05, 0.1) is 30.2 Å². The van der Waals surface area contributed by atoms with Crippen molar-refractivity contribution in [2.75, 3.05) is 12.3 Å². The Kier molecular flexibility index (Phi) is 3.40. The molecule has 1 aromatic rings. The first-order valence-electron chi connectivity index (χ1n) is 4.21. The number of nitrogens with two attached hydrogens (primary N) is 1. The van der Waals surface area contributed by atoms with E-state index < -0.39 is 6.61 Å². The molecule has 0 aliphatic carbocycles. The second kappa shape index (κ2) is 4.36. The zero-order valence-electron chi connectivity index (χ0n) is 8.08. The van der Waals surface area contributed by atoms with Crippen LogP contribution in [0.1, 0.15) is 18.7 Å². The minimum atomic E-state index is -2.74. The molecule has 0 fully saturated rings. The van der Waals surface area contributed by atoms with E-state index in [2.05, 4.69) is 9.84 Å². The van der Waals surface area contributed by atoms with Crippen molar-refractivity contribution in [3.8, 4) is 0 Å². The van der Waals surface area contributed by atoms with Gasteiger partial charge in [-0.2, -0.15) is 13.9 Å². The van der Waals surface area contributed by atoms with Crippen LogP contribution in [0.4, 0.5) is 14.5 Å². The van der Waals surface area contributed by atoms with E-state index in [-0.39, 0.29) is 12.6 Å². The lowest BCUT2D eigenvalue weighted by atomic mass is 10.3. The molecular formula is C8H13F2N3O. The van der Waals surface area contributed by atoms with Gasteiger partial charge >= 0.3 is 6.61 Å². The molecule has 0 bridgehead atoms. The standard InChI is InChI=1S/C8H13F2N3O/c1-5(4-14-8(9)10)13-6(2)7(11)3-12-13/h3,5,8H,4,11H2,1-2H3. The quantitative estimate of drug-likeness (QED) is 0.811. The maximum atomic E-state index is 11.7. The van der Waals surface area contributed by atoms with Crippen molar-refractivity contribution in [3.05, 3.63) is 11.9 Å². The lowest BCUT2D eigenvalue weighted by molar-refractivity contribution is -0.136. The lowest BCUT2D eigenvalue weighted by Crippen LogP contribution is -2.16. The van der Waals surface area contributed by atoms with Crippen LogP contribution < -0.4 is 5.73 Å². The van der Waals surface area contributed by atoms with Gasteiger partial charge < -0.3 is 10.5 Å². The van der Waals surface area contributed by atoms with E-state index in [0.29, 0.717) is 5.69 Å². The van der Waals surface area contributed by atoms with E-state index in [1.54, 1.807) is 18.5 Å². The van der Waals surface area contributed by atoms with Crippen molar-refractivity contribution in [2.24, 2.45) is 0 Å². The number of anilines is 1. The zero-order chi connectivity index (χ0) is 10.7. The van der Waals surface area contributed by atoms with Gasteiger partial charge in [-0.3, -0.25) is 4.68 Å². The molecule has 4 nitrogen and oxygen atoms in total. The van der Waals surface area contributed by atoms with Crippen LogP contribution in [0.2, 0.25) is 0 Å². The van der Waals surface area contributed by atoms with E-state index in [4.69, 9.17) is 5.73 Å². The Morgan fingerprint density at radius 3 is 2.71 bits per heavy atom. The van der Waals surface area contributed by atoms with Crippen molar-refractivity contribution in [1.82, 2.24) is 9.78 Å². The molecule has 1 rings (SSSR count). The van der Waals surface area contributed by atoms with Gasteiger partial charge in [-0.25, -0.2) is 0 Å². The number of alkyl halides is 2. The topological polar surface area (TPSA) is 53.1 Å². The van der Waals surface area contributed by atoms with Crippen LogP contribution in [0.25, 0.3) is 0 Å². The highest BCUT2D eigenvalue weighted by atomic mass is 19.3. The van der Waals surface area contributed by atoms with Crippen LogP contribution in [-0.4, -0.2) is 23.0 Å². The van der Waals surface area contributed by atoms with Crippen LogP contribution in [0.3, 0.4) is 0 Å². The van der Waals surface area contributed by atoms with Crippen molar-refractivity contribution in [1.29, 1.82) is 0 Å². The van der Waals surface area contributed by atoms with Gasteiger partial charge in [-0.05, 0) is 13.8 Å². The predicted molar refractivity (Wildman–Crippen MR) is 48.0 cm³/mol. The molecule has 0 radical (unpaired) electrons. The average molecular weight is 205 g/mol. The summed E-state index contributed by atoms with van der Waals surface area (Å²) in [5.74, 6) is 0. The number of ether oxygens (including phenoxy) is 1. The summed E-state index contributed by atoms with van der Waals surface area (Å²) in [5, 5.41) is 3.96. The third-order valence-corrected chi connectivity index (χ3v) is 1.96. The monoisotopic (exact) mass is 205 g/mol. The number of halogens is 2. The van der Waals surface area contributed by atoms with Crippen molar-refractivity contribution in [3.63, 3.8) is 0 Å². The molecule has 0 amide bonds. The summed E-state index contributed by atoms with van der Waals surface area (Å²) in [7, 11) is 0. The minimum absolute atomic E-state index is 0.0837. The Labute approximate surface area is 80.6 Å². The Morgan fingerprint density at radius 2 is 2.29 bits per heavy atom. The first-order chi connectivity index (χ1) is 6.52. The molecule has 0 aliphatic heterocycles. The second-order valence-corrected chi connectivity index (χ2v) is 3.07. The number of aromatic nitrogens is 2. The van der Waals surface area contributed by atoms with E-state index in [1.165, 1.54) is 6.20 Å². The van der Waals surface area contributed by atoms with Crippen LogP contribution in [0.5, 0.6) is 0 Å². The summed E-state index contributed by atoms with van der Waals surface area (Å²) in [6.45, 7) is 0.688. The highest BCUT2D eigenvalue weighted by Crippen LogP contribution is 2.15. The highest BCUT2D eigenvalue weighted by molar-refractivity contribution is 5.39. The first kappa shape index (κ1) is 10.9. The molecular weight excluding hydrogens is 192 g/mol. The Balaban J connectivity index is 2.60. The fourth-order valence-electron chi connectivity index (χ4n) is 1.16. The van der Waals surface area contributed by atoms with Gasteiger partial charge in [0.2, 0.25) is 0 Å². The molecule has 2 N–H and O–H groups in total. The molecule has 14 heavy (non-hydrogen) atoms. The van der Waals surface area contributed by atoms with Crippen LogP contribution in [-0.2, 0) is 4.74 Å². The highest BCUT2D eigenvalue weighted by Gasteiger charge is 2.12. The van der Waals surface area contributed by atoms with Gasteiger partial charge in [0.1, 0.15) is 0 Å². The summed E-state index contributed by atoms with van der Waals surface area (Å²) in [5.41, 5.74) is 6.87. The number of nitrogen functional groups attached to an aromatic ring is 1. The Hall–Kier alpha value is -1.17. The molecule has 0 aromatic carbocycles. The van der Waals surface area contributed by atoms with Gasteiger partial charge in [0.25, 0.3) is 0 Å². The zero-order valence-corrected chi connectivity index (χ0v) is 8.08. The van der Waals surface area contributed by atoms with Gasteiger partial charge in [0, 0.05) is 0 Å². The molecule has 1 heterocycles. The summed E-state index contributed by atoms with van der Waals surface area (Å²) < 4.78 is 29.2. The molecule has 0 saturated heterocycles. The molecule has 80 valence electrons. The summed E-state index contributed by atoms with van der Waals surface area (Å²) >= 11 is 0. The smallest absolute Gasteiger partial charge is 0.345 e. The molecule has 0 aliphatic rings. The van der Waals surface area contributed by atoms with Crippen molar-refractivity contribution < 1.29 is 13.5 Å². The van der Waals surface area contributed by atoms with E-state index in [9.17, 15) is 8.78 Å². The maximum absolute atomic E-state index is 11.7. The van der Waals surface area contributed by atoms with Crippen LogP contribution in [0.15, 0.2) is 6.20 Å².